The van der Waals surface area contributed by atoms with E-state index in [-0.39, 0.29) is 17.6 Å². The van der Waals surface area contributed by atoms with Crippen molar-refractivity contribution < 1.29 is 23.8 Å². The molecule has 1 amide bonds. The van der Waals surface area contributed by atoms with E-state index in [4.69, 9.17) is 14.2 Å². The van der Waals surface area contributed by atoms with Crippen molar-refractivity contribution in [2.45, 2.75) is 26.4 Å². The Bertz CT molecular complexity index is 1140. The fraction of sp³-hybridized carbons (Fsp3) is 0.310. The maximum absolute atomic E-state index is 13.3. The third kappa shape index (κ3) is 5.65. The minimum atomic E-state index is -0.113. The summed E-state index contributed by atoms with van der Waals surface area (Å²) in [6.45, 7) is 3.41. The van der Waals surface area contributed by atoms with Crippen molar-refractivity contribution in [3.05, 3.63) is 89.0 Å². The van der Waals surface area contributed by atoms with Crippen LogP contribution in [-0.2, 0) is 6.61 Å². The Labute approximate surface area is 206 Å². The van der Waals surface area contributed by atoms with Crippen molar-refractivity contribution in [3.63, 3.8) is 0 Å². The van der Waals surface area contributed by atoms with Gasteiger partial charge in [0.15, 0.2) is 17.3 Å². The molecule has 0 aromatic heterocycles. The molecule has 1 fully saturated rings. The zero-order chi connectivity index (χ0) is 24.8. The number of ketones is 1. The van der Waals surface area contributed by atoms with E-state index in [9.17, 15) is 9.59 Å². The minimum absolute atomic E-state index is 0.0698. The lowest BCUT2D eigenvalue weighted by atomic mass is 9.88. The van der Waals surface area contributed by atoms with E-state index < -0.39 is 0 Å². The lowest BCUT2D eigenvalue weighted by molar-refractivity contribution is 0.0649. The van der Waals surface area contributed by atoms with Crippen LogP contribution in [0.15, 0.2) is 66.7 Å². The van der Waals surface area contributed by atoms with Crippen molar-refractivity contribution in [2.24, 2.45) is 5.92 Å². The summed E-state index contributed by atoms with van der Waals surface area (Å²) in [5.74, 6) is 1.30. The Morgan fingerprint density at radius 3 is 2.03 bits per heavy atom. The number of aryl methyl sites for hydroxylation is 1. The molecular weight excluding hydrogens is 442 g/mol. The van der Waals surface area contributed by atoms with Gasteiger partial charge in [0.25, 0.3) is 5.91 Å². The van der Waals surface area contributed by atoms with Crippen LogP contribution in [0.25, 0.3) is 0 Å². The zero-order valence-corrected chi connectivity index (χ0v) is 20.5. The van der Waals surface area contributed by atoms with Crippen LogP contribution in [0.5, 0.6) is 17.2 Å². The summed E-state index contributed by atoms with van der Waals surface area (Å²) in [4.78, 5) is 28.0. The predicted molar refractivity (Wildman–Crippen MR) is 134 cm³/mol. The molecule has 1 aliphatic heterocycles. The number of carbonyl (C=O) groups is 2. The van der Waals surface area contributed by atoms with Gasteiger partial charge in [-0.2, -0.15) is 0 Å². The second-order valence-corrected chi connectivity index (χ2v) is 8.78. The molecule has 1 heterocycles. The molecule has 0 aliphatic carbocycles. The highest BCUT2D eigenvalue weighted by atomic mass is 16.5. The van der Waals surface area contributed by atoms with Gasteiger partial charge in [0.05, 0.1) is 14.2 Å². The SMILES string of the molecule is COc1cc(C(=O)N2CCC(C(=O)c3ccc(C)cc3)CC2)cc(OC)c1OCc1ccccc1. The van der Waals surface area contributed by atoms with Crippen molar-refractivity contribution in [1.29, 1.82) is 0 Å². The first-order chi connectivity index (χ1) is 17.0. The van der Waals surface area contributed by atoms with Crippen molar-refractivity contribution in [2.75, 3.05) is 27.3 Å². The molecule has 3 aromatic rings. The Kier molecular flexibility index (Phi) is 7.70. The number of likely N-dealkylation sites (tertiary alicyclic amines) is 1. The smallest absolute Gasteiger partial charge is 0.254 e. The Balaban J connectivity index is 1.44. The molecule has 0 unspecified atom stereocenters. The van der Waals surface area contributed by atoms with Crippen LogP contribution in [0, 0.1) is 12.8 Å². The number of benzene rings is 3. The number of hydrogen-bond donors (Lipinski definition) is 0. The third-order valence-corrected chi connectivity index (χ3v) is 6.42. The second-order valence-electron chi connectivity index (χ2n) is 8.78. The van der Waals surface area contributed by atoms with Gasteiger partial charge in [0.1, 0.15) is 6.61 Å². The van der Waals surface area contributed by atoms with Crippen LogP contribution in [0.3, 0.4) is 0 Å². The van der Waals surface area contributed by atoms with Crippen LogP contribution in [0.1, 0.15) is 44.7 Å². The molecular formula is C29H31NO5. The number of Topliss-reactive ketones (excluding diaryl/α,β-unsaturated/α-hetero) is 1. The Morgan fingerprint density at radius 2 is 1.46 bits per heavy atom. The van der Waals surface area contributed by atoms with Crippen LogP contribution < -0.4 is 14.2 Å². The van der Waals surface area contributed by atoms with Crippen LogP contribution in [0.4, 0.5) is 0 Å². The summed E-state index contributed by atoms with van der Waals surface area (Å²) in [5.41, 5.74) is 3.35. The lowest BCUT2D eigenvalue weighted by Crippen LogP contribution is -2.40. The predicted octanol–water partition coefficient (Wildman–Crippen LogP) is 5.33. The van der Waals surface area contributed by atoms with Gasteiger partial charge in [0, 0.05) is 30.1 Å². The normalized spacial score (nSPS) is 13.9. The average Bonchev–Trinajstić information content (AvgIpc) is 2.91. The van der Waals surface area contributed by atoms with Gasteiger partial charge in [-0.1, -0.05) is 60.2 Å². The highest BCUT2D eigenvalue weighted by molar-refractivity contribution is 5.99. The Hall–Kier alpha value is -3.80. The van der Waals surface area contributed by atoms with Gasteiger partial charge in [-0.3, -0.25) is 9.59 Å². The van der Waals surface area contributed by atoms with Gasteiger partial charge in [0.2, 0.25) is 5.75 Å². The van der Waals surface area contributed by atoms with E-state index in [0.717, 1.165) is 16.7 Å². The van der Waals surface area contributed by atoms with E-state index in [0.29, 0.717) is 55.4 Å². The number of hydrogen-bond acceptors (Lipinski definition) is 5. The molecule has 1 saturated heterocycles. The highest BCUT2D eigenvalue weighted by Crippen LogP contribution is 2.39. The molecule has 1 aliphatic rings. The summed E-state index contributed by atoms with van der Waals surface area (Å²) in [6, 6.07) is 20.9. The fourth-order valence-electron chi connectivity index (χ4n) is 4.36. The third-order valence-electron chi connectivity index (χ3n) is 6.42. The maximum atomic E-state index is 13.3. The van der Waals surface area contributed by atoms with E-state index in [1.54, 1.807) is 31.3 Å². The number of rotatable bonds is 8. The Morgan fingerprint density at radius 1 is 0.857 bits per heavy atom. The van der Waals surface area contributed by atoms with E-state index in [2.05, 4.69) is 0 Å². The molecule has 0 N–H and O–H groups in total. The summed E-state index contributed by atoms with van der Waals surface area (Å²) < 4.78 is 17.1. The van der Waals surface area contributed by atoms with Crippen LogP contribution in [0.2, 0.25) is 0 Å². The fourth-order valence-corrected chi connectivity index (χ4v) is 4.36. The van der Waals surface area contributed by atoms with Crippen molar-refractivity contribution in [3.8, 4) is 17.2 Å². The van der Waals surface area contributed by atoms with Crippen molar-refractivity contribution in [1.82, 2.24) is 4.90 Å². The summed E-state index contributed by atoms with van der Waals surface area (Å²) in [5, 5.41) is 0. The first-order valence-electron chi connectivity index (χ1n) is 11.8. The average molecular weight is 474 g/mol. The minimum Gasteiger partial charge on any atom is -0.493 e. The highest BCUT2D eigenvalue weighted by Gasteiger charge is 2.29. The van der Waals surface area contributed by atoms with Gasteiger partial charge < -0.3 is 19.1 Å². The number of carbonyl (C=O) groups excluding carboxylic acids is 2. The van der Waals surface area contributed by atoms with Crippen LogP contribution in [-0.4, -0.2) is 43.9 Å². The first kappa shape index (κ1) is 24.3. The number of nitrogens with zero attached hydrogens (tertiary/aromatic N) is 1. The van der Waals surface area contributed by atoms with Gasteiger partial charge in [-0.05, 0) is 37.5 Å². The van der Waals surface area contributed by atoms with Gasteiger partial charge in [-0.15, -0.1) is 0 Å². The van der Waals surface area contributed by atoms with Crippen molar-refractivity contribution >= 4 is 11.7 Å². The molecule has 4 rings (SSSR count). The number of piperidine rings is 1. The molecule has 182 valence electrons. The number of ether oxygens (including phenoxy) is 3. The molecule has 0 saturated carbocycles. The zero-order valence-electron chi connectivity index (χ0n) is 20.5. The standard InChI is InChI=1S/C29H31NO5/c1-20-9-11-22(12-10-20)27(31)23-13-15-30(16-14-23)29(32)24-17-25(33-2)28(26(18-24)34-3)35-19-21-7-5-4-6-8-21/h4-12,17-18,23H,13-16,19H2,1-3H3. The monoisotopic (exact) mass is 473 g/mol. The molecule has 0 atom stereocenters. The molecule has 0 spiro atoms. The summed E-state index contributed by atoms with van der Waals surface area (Å²) in [6.07, 6.45) is 1.29. The summed E-state index contributed by atoms with van der Waals surface area (Å²) in [7, 11) is 3.08. The van der Waals surface area contributed by atoms with E-state index >= 15 is 0 Å². The maximum Gasteiger partial charge on any atom is 0.254 e. The van der Waals surface area contributed by atoms with Gasteiger partial charge in [-0.25, -0.2) is 0 Å². The second kappa shape index (κ2) is 11.1. The molecule has 6 nitrogen and oxygen atoms in total. The molecule has 0 bridgehead atoms. The van der Waals surface area contributed by atoms with Gasteiger partial charge >= 0.3 is 0 Å². The molecule has 35 heavy (non-hydrogen) atoms. The number of amides is 1. The van der Waals surface area contributed by atoms with E-state index in [1.165, 1.54) is 0 Å². The molecule has 3 aromatic carbocycles. The lowest BCUT2D eigenvalue weighted by Gasteiger charge is -2.31. The van der Waals surface area contributed by atoms with Crippen LogP contribution >= 0.6 is 0 Å². The first-order valence-corrected chi connectivity index (χ1v) is 11.8. The summed E-state index contributed by atoms with van der Waals surface area (Å²) >= 11 is 0. The molecule has 6 heteroatoms. The quantitative estimate of drug-likeness (QED) is 0.414. The van der Waals surface area contributed by atoms with E-state index in [1.807, 2.05) is 61.5 Å². The molecule has 0 radical (unpaired) electrons. The topological polar surface area (TPSA) is 65.1 Å². The number of methoxy groups -OCH3 is 2. The largest absolute Gasteiger partial charge is 0.493 e.